The molecule has 1 aromatic heterocycles. The normalized spacial score (nSPS) is 22.0. The molecule has 0 aliphatic carbocycles. The van der Waals surface area contributed by atoms with Gasteiger partial charge in [0, 0.05) is 38.3 Å². The monoisotopic (exact) mass is 276 g/mol. The number of imide groups is 1. The van der Waals surface area contributed by atoms with Gasteiger partial charge in [0.25, 0.3) is 0 Å². The minimum Gasteiger partial charge on any atom is -0.472 e. The molecular formula is C13H16N4O3. The molecule has 3 heterocycles. The van der Waals surface area contributed by atoms with E-state index in [9.17, 15) is 9.59 Å². The third kappa shape index (κ3) is 2.52. The van der Waals surface area contributed by atoms with Crippen LogP contribution in [-0.2, 0) is 0 Å². The molecule has 106 valence electrons. The minimum atomic E-state index is -0.316. The van der Waals surface area contributed by atoms with E-state index in [0.29, 0.717) is 32.1 Å². The second kappa shape index (κ2) is 5.36. The van der Waals surface area contributed by atoms with Crippen LogP contribution in [0.4, 0.5) is 9.59 Å². The van der Waals surface area contributed by atoms with Crippen molar-refractivity contribution in [3.63, 3.8) is 0 Å². The number of rotatable bonds is 2. The first-order chi connectivity index (χ1) is 9.74. The Morgan fingerprint density at radius 2 is 2.30 bits per heavy atom. The molecule has 3 rings (SSSR count). The molecule has 0 unspecified atom stereocenters. The first kappa shape index (κ1) is 12.7. The molecule has 0 aromatic carbocycles. The zero-order chi connectivity index (χ0) is 13.9. The van der Waals surface area contributed by atoms with Crippen LogP contribution in [0.15, 0.2) is 24.4 Å². The highest BCUT2D eigenvalue weighted by atomic mass is 16.5. The van der Waals surface area contributed by atoms with Gasteiger partial charge in [-0.25, -0.2) is 19.5 Å². The van der Waals surface area contributed by atoms with Gasteiger partial charge in [0.15, 0.2) is 0 Å². The molecule has 7 nitrogen and oxygen atoms in total. The fourth-order valence-electron chi connectivity index (χ4n) is 2.41. The summed E-state index contributed by atoms with van der Waals surface area (Å²) >= 11 is 0. The third-order valence-electron chi connectivity index (χ3n) is 3.43. The lowest BCUT2D eigenvalue weighted by Gasteiger charge is -2.21. The number of ether oxygens (including phenoxy) is 1. The van der Waals surface area contributed by atoms with E-state index >= 15 is 0 Å². The van der Waals surface area contributed by atoms with Crippen molar-refractivity contribution in [1.82, 2.24) is 20.1 Å². The van der Waals surface area contributed by atoms with Crippen molar-refractivity contribution >= 4 is 12.1 Å². The Hall–Kier alpha value is -2.31. The number of hydrogen-bond acceptors (Lipinski definition) is 4. The number of pyridine rings is 1. The molecule has 2 aliphatic rings. The van der Waals surface area contributed by atoms with E-state index in [2.05, 4.69) is 10.3 Å². The van der Waals surface area contributed by atoms with E-state index in [1.807, 2.05) is 12.1 Å². The van der Waals surface area contributed by atoms with Crippen molar-refractivity contribution in [3.05, 3.63) is 24.4 Å². The Morgan fingerprint density at radius 1 is 1.40 bits per heavy atom. The topological polar surface area (TPSA) is 74.8 Å². The molecule has 2 fully saturated rings. The van der Waals surface area contributed by atoms with Crippen LogP contribution in [-0.4, -0.2) is 59.1 Å². The summed E-state index contributed by atoms with van der Waals surface area (Å²) in [4.78, 5) is 30.6. The van der Waals surface area contributed by atoms with Gasteiger partial charge in [-0.15, -0.1) is 0 Å². The number of hydrogen-bond donors (Lipinski definition) is 1. The molecule has 0 saturated carbocycles. The standard InChI is InChI=1S/C13H16N4O3/c18-12-15-6-8-17(12)13(19)16-7-4-10(9-16)20-11-3-1-2-5-14-11/h1-3,5,10H,4,6-9H2,(H,15,18)/t10-/m1/s1. The van der Waals surface area contributed by atoms with Crippen LogP contribution in [0.5, 0.6) is 5.88 Å². The first-order valence-corrected chi connectivity index (χ1v) is 6.66. The second-order valence-corrected chi connectivity index (χ2v) is 4.81. The van der Waals surface area contributed by atoms with Crippen molar-refractivity contribution in [2.24, 2.45) is 0 Å². The highest BCUT2D eigenvalue weighted by Gasteiger charge is 2.34. The maximum absolute atomic E-state index is 12.2. The van der Waals surface area contributed by atoms with Crippen LogP contribution in [0.1, 0.15) is 6.42 Å². The van der Waals surface area contributed by atoms with Gasteiger partial charge in [-0.2, -0.15) is 0 Å². The Balaban J connectivity index is 1.57. The molecule has 0 spiro atoms. The average molecular weight is 276 g/mol. The summed E-state index contributed by atoms with van der Waals surface area (Å²) in [6.07, 6.45) is 2.35. The first-order valence-electron chi connectivity index (χ1n) is 6.66. The van der Waals surface area contributed by atoms with Crippen LogP contribution in [0.2, 0.25) is 0 Å². The van der Waals surface area contributed by atoms with Crippen molar-refractivity contribution in [2.75, 3.05) is 26.2 Å². The summed E-state index contributed by atoms with van der Waals surface area (Å²) in [5, 5.41) is 2.62. The predicted molar refractivity (Wildman–Crippen MR) is 70.3 cm³/mol. The molecule has 2 aliphatic heterocycles. The molecule has 2 saturated heterocycles. The number of nitrogens with one attached hydrogen (secondary N) is 1. The van der Waals surface area contributed by atoms with Gasteiger partial charge in [0.05, 0.1) is 6.54 Å². The summed E-state index contributed by atoms with van der Waals surface area (Å²) < 4.78 is 5.72. The number of nitrogens with zero attached hydrogens (tertiary/aromatic N) is 3. The van der Waals surface area contributed by atoms with E-state index in [1.54, 1.807) is 17.2 Å². The summed E-state index contributed by atoms with van der Waals surface area (Å²) in [6.45, 7) is 2.03. The number of carbonyl (C=O) groups excluding carboxylic acids is 2. The predicted octanol–water partition coefficient (Wildman–Crippen LogP) is 0.680. The lowest BCUT2D eigenvalue weighted by atomic mass is 10.3. The third-order valence-corrected chi connectivity index (χ3v) is 3.43. The molecule has 0 radical (unpaired) electrons. The van der Waals surface area contributed by atoms with Crippen LogP contribution < -0.4 is 10.1 Å². The summed E-state index contributed by atoms with van der Waals surface area (Å²) in [5.74, 6) is 0.561. The number of amides is 4. The molecule has 1 atom stereocenters. The molecule has 20 heavy (non-hydrogen) atoms. The van der Waals surface area contributed by atoms with Gasteiger partial charge in [0.1, 0.15) is 6.10 Å². The number of carbonyl (C=O) groups is 2. The molecule has 0 bridgehead atoms. The molecule has 1 N–H and O–H groups in total. The second-order valence-electron chi connectivity index (χ2n) is 4.81. The largest absolute Gasteiger partial charge is 0.472 e. The van der Waals surface area contributed by atoms with Gasteiger partial charge in [-0.3, -0.25) is 0 Å². The van der Waals surface area contributed by atoms with E-state index in [0.717, 1.165) is 6.42 Å². The van der Waals surface area contributed by atoms with Crippen molar-refractivity contribution in [2.45, 2.75) is 12.5 Å². The molecule has 4 amide bonds. The van der Waals surface area contributed by atoms with Crippen LogP contribution >= 0.6 is 0 Å². The van der Waals surface area contributed by atoms with Gasteiger partial charge in [-0.05, 0) is 6.07 Å². The summed E-state index contributed by atoms with van der Waals surface area (Å²) in [7, 11) is 0. The SMILES string of the molecule is O=C1NCCN1C(=O)N1CC[C@@H](Oc2ccccn2)C1. The maximum Gasteiger partial charge on any atom is 0.328 e. The molecule has 7 heteroatoms. The van der Waals surface area contributed by atoms with Crippen LogP contribution in [0.3, 0.4) is 0 Å². The van der Waals surface area contributed by atoms with Crippen LogP contribution in [0, 0.1) is 0 Å². The highest BCUT2D eigenvalue weighted by Crippen LogP contribution is 2.18. The van der Waals surface area contributed by atoms with E-state index in [1.165, 1.54) is 4.90 Å². The number of likely N-dealkylation sites (tertiary alicyclic amines) is 1. The van der Waals surface area contributed by atoms with E-state index in [4.69, 9.17) is 4.74 Å². The average Bonchev–Trinajstić information content (AvgIpc) is 3.08. The molecule has 1 aromatic rings. The van der Waals surface area contributed by atoms with Gasteiger partial charge < -0.3 is 15.0 Å². The Bertz CT molecular complexity index is 508. The smallest absolute Gasteiger partial charge is 0.328 e. The number of aromatic nitrogens is 1. The Labute approximate surface area is 116 Å². The Kier molecular flexibility index (Phi) is 3.41. The van der Waals surface area contributed by atoms with Gasteiger partial charge >= 0.3 is 12.1 Å². The zero-order valence-corrected chi connectivity index (χ0v) is 11.0. The fraction of sp³-hybridized carbons (Fsp3) is 0.462. The van der Waals surface area contributed by atoms with Crippen molar-refractivity contribution < 1.29 is 14.3 Å². The fourth-order valence-corrected chi connectivity index (χ4v) is 2.41. The lowest BCUT2D eigenvalue weighted by molar-refractivity contribution is 0.160. The Morgan fingerprint density at radius 3 is 3.00 bits per heavy atom. The van der Waals surface area contributed by atoms with Gasteiger partial charge in [-0.1, -0.05) is 6.07 Å². The lowest BCUT2D eigenvalue weighted by Crippen LogP contribution is -2.44. The minimum absolute atomic E-state index is 0.0699. The van der Waals surface area contributed by atoms with Crippen LogP contribution in [0.25, 0.3) is 0 Å². The number of urea groups is 2. The quantitative estimate of drug-likeness (QED) is 0.862. The maximum atomic E-state index is 12.2. The molecular weight excluding hydrogens is 260 g/mol. The highest BCUT2D eigenvalue weighted by molar-refractivity contribution is 5.95. The van der Waals surface area contributed by atoms with Crippen molar-refractivity contribution in [1.29, 1.82) is 0 Å². The van der Waals surface area contributed by atoms with Gasteiger partial charge in [0.2, 0.25) is 5.88 Å². The zero-order valence-electron chi connectivity index (χ0n) is 11.0. The summed E-state index contributed by atoms with van der Waals surface area (Å²) in [6, 6.07) is 4.91. The van der Waals surface area contributed by atoms with Crippen molar-refractivity contribution in [3.8, 4) is 5.88 Å². The summed E-state index contributed by atoms with van der Waals surface area (Å²) in [5.41, 5.74) is 0. The van der Waals surface area contributed by atoms with E-state index in [-0.39, 0.29) is 18.2 Å². The van der Waals surface area contributed by atoms with E-state index < -0.39 is 0 Å².